The van der Waals surface area contributed by atoms with Crippen molar-refractivity contribution < 1.29 is 9.47 Å². The minimum atomic E-state index is 0.459. The lowest BCUT2D eigenvalue weighted by molar-refractivity contribution is 0.296. The largest absolute Gasteiger partial charge is 0.497 e. The zero-order valence-electron chi connectivity index (χ0n) is 11.2. The summed E-state index contributed by atoms with van der Waals surface area (Å²) in [7, 11) is 1.56. The number of hydrogen-bond donors (Lipinski definition) is 0. The number of nitrogens with zero attached hydrogens (tertiary/aromatic N) is 2. The Morgan fingerprint density at radius 2 is 2.22 bits per heavy atom. The summed E-state index contributed by atoms with van der Waals surface area (Å²) in [5, 5.41) is 0. The SMILES string of the molecule is C=C(OC)/C(C)=C(\N=C/C)Oc1cccnc1C. The number of ether oxygens (including phenoxy) is 2. The Hall–Kier alpha value is -2.10. The van der Waals surface area contributed by atoms with E-state index in [4.69, 9.17) is 9.47 Å². The first-order valence-corrected chi connectivity index (χ1v) is 5.62. The van der Waals surface area contributed by atoms with E-state index in [2.05, 4.69) is 16.6 Å². The molecule has 0 aliphatic rings. The van der Waals surface area contributed by atoms with Gasteiger partial charge in [0.15, 0.2) is 5.75 Å². The molecule has 0 fully saturated rings. The molecule has 0 radical (unpaired) electrons. The van der Waals surface area contributed by atoms with E-state index in [0.717, 1.165) is 11.3 Å². The van der Waals surface area contributed by atoms with E-state index in [9.17, 15) is 0 Å². The molecule has 0 unspecified atom stereocenters. The van der Waals surface area contributed by atoms with E-state index in [1.165, 1.54) is 0 Å². The highest BCUT2D eigenvalue weighted by atomic mass is 16.5. The van der Waals surface area contributed by atoms with Crippen molar-refractivity contribution in [1.29, 1.82) is 0 Å². The average molecular weight is 246 g/mol. The van der Waals surface area contributed by atoms with E-state index in [0.29, 0.717) is 17.4 Å². The molecule has 1 rings (SSSR count). The smallest absolute Gasteiger partial charge is 0.225 e. The van der Waals surface area contributed by atoms with Crippen LogP contribution in [0.5, 0.6) is 5.75 Å². The van der Waals surface area contributed by atoms with Gasteiger partial charge in [-0.1, -0.05) is 6.58 Å². The van der Waals surface area contributed by atoms with Crippen LogP contribution in [0.2, 0.25) is 0 Å². The first kappa shape index (κ1) is 14.0. The van der Waals surface area contributed by atoms with Gasteiger partial charge in [-0.25, -0.2) is 4.99 Å². The van der Waals surface area contributed by atoms with Gasteiger partial charge in [-0.3, -0.25) is 4.98 Å². The van der Waals surface area contributed by atoms with Crippen molar-refractivity contribution in [3.05, 3.63) is 47.8 Å². The molecule has 4 nitrogen and oxygen atoms in total. The molecule has 0 aliphatic heterocycles. The number of hydrogen-bond acceptors (Lipinski definition) is 4. The van der Waals surface area contributed by atoms with E-state index < -0.39 is 0 Å². The summed E-state index contributed by atoms with van der Waals surface area (Å²) in [5.41, 5.74) is 1.55. The Kier molecular flexibility index (Phi) is 5.11. The van der Waals surface area contributed by atoms with Gasteiger partial charge in [0, 0.05) is 12.4 Å². The zero-order valence-corrected chi connectivity index (χ0v) is 11.2. The third-order valence-electron chi connectivity index (χ3n) is 2.40. The van der Waals surface area contributed by atoms with Gasteiger partial charge in [0.1, 0.15) is 5.76 Å². The highest BCUT2D eigenvalue weighted by molar-refractivity contribution is 5.55. The van der Waals surface area contributed by atoms with Crippen LogP contribution in [-0.2, 0) is 4.74 Å². The first-order valence-electron chi connectivity index (χ1n) is 5.62. The second-order valence-corrected chi connectivity index (χ2v) is 3.63. The summed E-state index contributed by atoms with van der Waals surface area (Å²) in [4.78, 5) is 8.36. The Labute approximate surface area is 108 Å². The minimum absolute atomic E-state index is 0.459. The van der Waals surface area contributed by atoms with Crippen LogP contribution in [0.4, 0.5) is 0 Å². The molecule has 0 saturated carbocycles. The molecule has 4 heteroatoms. The predicted octanol–water partition coefficient (Wildman–Crippen LogP) is 3.25. The van der Waals surface area contributed by atoms with Crippen molar-refractivity contribution in [2.75, 3.05) is 7.11 Å². The van der Waals surface area contributed by atoms with E-state index in [1.807, 2.05) is 32.9 Å². The fourth-order valence-electron chi connectivity index (χ4n) is 1.27. The Morgan fingerprint density at radius 3 is 2.78 bits per heavy atom. The van der Waals surface area contributed by atoms with Gasteiger partial charge in [0.25, 0.3) is 0 Å². The Bertz CT molecular complexity index is 490. The number of aromatic nitrogens is 1. The predicted molar refractivity (Wildman–Crippen MR) is 72.6 cm³/mol. The van der Waals surface area contributed by atoms with Gasteiger partial charge in [0.05, 0.1) is 18.4 Å². The Balaban J connectivity index is 3.09. The molecule has 0 amide bonds. The van der Waals surface area contributed by atoms with E-state index in [1.54, 1.807) is 19.5 Å². The molecule has 0 N–H and O–H groups in total. The van der Waals surface area contributed by atoms with Crippen molar-refractivity contribution in [1.82, 2.24) is 4.98 Å². The van der Waals surface area contributed by atoms with Gasteiger partial charge >= 0.3 is 0 Å². The molecule has 0 spiro atoms. The quantitative estimate of drug-likeness (QED) is 0.455. The summed E-state index contributed by atoms with van der Waals surface area (Å²) >= 11 is 0. The number of aryl methyl sites for hydroxylation is 1. The lowest BCUT2D eigenvalue weighted by Crippen LogP contribution is -2.01. The normalized spacial score (nSPS) is 12.2. The summed E-state index contributed by atoms with van der Waals surface area (Å²) < 4.78 is 10.8. The molecule has 1 heterocycles. The standard InChI is InChI=1S/C14H18N2O2/c1-6-15-14(10(2)12(4)17-5)18-13-8-7-9-16-11(13)3/h6-9H,4H2,1-3,5H3/b14-10+,15-6-. The number of methoxy groups -OCH3 is 1. The molecular weight excluding hydrogens is 228 g/mol. The van der Waals surface area contributed by atoms with Crippen LogP contribution in [0.1, 0.15) is 19.5 Å². The molecule has 0 atom stereocenters. The van der Waals surface area contributed by atoms with Crippen LogP contribution >= 0.6 is 0 Å². The Morgan fingerprint density at radius 1 is 1.50 bits per heavy atom. The minimum Gasteiger partial charge on any atom is -0.497 e. The van der Waals surface area contributed by atoms with Gasteiger partial charge in [-0.15, -0.1) is 0 Å². The van der Waals surface area contributed by atoms with Crippen molar-refractivity contribution in [3.8, 4) is 5.75 Å². The lowest BCUT2D eigenvalue weighted by Gasteiger charge is -2.12. The lowest BCUT2D eigenvalue weighted by atomic mass is 10.2. The maximum absolute atomic E-state index is 5.75. The second-order valence-electron chi connectivity index (χ2n) is 3.63. The van der Waals surface area contributed by atoms with E-state index >= 15 is 0 Å². The number of allylic oxidation sites excluding steroid dienone is 1. The van der Waals surface area contributed by atoms with Crippen LogP contribution in [0.25, 0.3) is 0 Å². The van der Waals surface area contributed by atoms with Crippen molar-refractivity contribution in [2.24, 2.45) is 4.99 Å². The number of pyridine rings is 1. The summed E-state index contributed by atoms with van der Waals surface area (Å²) in [5.74, 6) is 1.65. The summed E-state index contributed by atoms with van der Waals surface area (Å²) in [6, 6.07) is 3.66. The zero-order chi connectivity index (χ0) is 13.5. The van der Waals surface area contributed by atoms with Crippen LogP contribution in [0, 0.1) is 6.92 Å². The highest BCUT2D eigenvalue weighted by Crippen LogP contribution is 2.21. The molecule has 18 heavy (non-hydrogen) atoms. The van der Waals surface area contributed by atoms with Crippen molar-refractivity contribution >= 4 is 6.21 Å². The highest BCUT2D eigenvalue weighted by Gasteiger charge is 2.09. The average Bonchev–Trinajstić information content (AvgIpc) is 2.39. The maximum Gasteiger partial charge on any atom is 0.225 e. The van der Waals surface area contributed by atoms with Gasteiger partial charge in [-0.2, -0.15) is 0 Å². The molecule has 1 aromatic rings. The first-order chi connectivity index (χ1) is 8.60. The monoisotopic (exact) mass is 246 g/mol. The molecule has 96 valence electrons. The van der Waals surface area contributed by atoms with Crippen LogP contribution in [0.15, 0.2) is 47.1 Å². The van der Waals surface area contributed by atoms with Gasteiger partial charge in [-0.05, 0) is 32.9 Å². The van der Waals surface area contributed by atoms with Crippen molar-refractivity contribution in [3.63, 3.8) is 0 Å². The van der Waals surface area contributed by atoms with Gasteiger partial charge < -0.3 is 9.47 Å². The topological polar surface area (TPSA) is 43.7 Å². The molecule has 0 saturated heterocycles. The summed E-state index contributed by atoms with van der Waals surface area (Å²) in [6.45, 7) is 9.34. The van der Waals surface area contributed by atoms with Gasteiger partial charge in [0.2, 0.25) is 5.88 Å². The second kappa shape index (κ2) is 6.59. The van der Waals surface area contributed by atoms with Crippen molar-refractivity contribution in [2.45, 2.75) is 20.8 Å². The third kappa shape index (κ3) is 3.45. The molecule has 1 aromatic heterocycles. The molecule has 0 bridgehead atoms. The molecule has 0 aliphatic carbocycles. The molecule has 0 aromatic carbocycles. The number of rotatable bonds is 5. The van der Waals surface area contributed by atoms with E-state index in [-0.39, 0.29) is 0 Å². The van der Waals surface area contributed by atoms with Crippen LogP contribution in [0.3, 0.4) is 0 Å². The maximum atomic E-state index is 5.75. The number of aliphatic imine (C=N–C) groups is 1. The van der Waals surface area contributed by atoms with Crippen LogP contribution in [-0.4, -0.2) is 18.3 Å². The molecular formula is C14H18N2O2. The fraction of sp³-hybridized carbons (Fsp3) is 0.286. The van der Waals surface area contributed by atoms with Crippen LogP contribution < -0.4 is 4.74 Å². The summed E-state index contributed by atoms with van der Waals surface area (Å²) in [6.07, 6.45) is 3.38. The third-order valence-corrected chi connectivity index (χ3v) is 2.40. The fourth-order valence-corrected chi connectivity index (χ4v) is 1.27.